The van der Waals surface area contributed by atoms with Crippen LogP contribution in [0.4, 0.5) is 17.3 Å². The van der Waals surface area contributed by atoms with Crippen LogP contribution in [0.1, 0.15) is 6.92 Å². The molecule has 0 bridgehead atoms. The minimum absolute atomic E-state index is 0.507. The number of rotatable bonds is 4. The third-order valence-corrected chi connectivity index (χ3v) is 2.07. The number of anilines is 3. The molecule has 0 atom stereocenters. The molecule has 0 aliphatic heterocycles. The minimum atomic E-state index is 0.507. The molecule has 1 aromatic heterocycles. The molecule has 0 fully saturated rings. The Bertz CT molecular complexity index is 484. The maximum absolute atomic E-state index is 5.51. The summed E-state index contributed by atoms with van der Waals surface area (Å²) in [4.78, 5) is 8.12. The van der Waals surface area contributed by atoms with Gasteiger partial charge in [-0.05, 0) is 19.1 Å². The normalized spacial score (nSPS) is 9.94. The fraction of sp³-hybridized carbons (Fsp3) is 0.167. The summed E-state index contributed by atoms with van der Waals surface area (Å²) < 4.78 is 5.40. The smallest absolute Gasteiger partial charge is 0.227 e. The zero-order valence-electron chi connectivity index (χ0n) is 9.55. The Morgan fingerprint density at radius 1 is 1.29 bits per heavy atom. The Hall–Kier alpha value is -2.30. The summed E-state index contributed by atoms with van der Waals surface area (Å²) in [5.41, 5.74) is 6.93. The monoisotopic (exact) mass is 230 g/mol. The lowest BCUT2D eigenvalue weighted by Crippen LogP contribution is -1.98. The average Bonchev–Trinajstić information content (AvgIpc) is 2.33. The molecule has 88 valence electrons. The van der Waals surface area contributed by atoms with E-state index in [0.717, 1.165) is 11.4 Å². The Labute approximate surface area is 99.7 Å². The van der Waals surface area contributed by atoms with Crippen molar-refractivity contribution >= 4 is 17.3 Å². The van der Waals surface area contributed by atoms with Gasteiger partial charge in [0.1, 0.15) is 5.75 Å². The molecule has 17 heavy (non-hydrogen) atoms. The zero-order valence-corrected chi connectivity index (χ0v) is 9.55. The van der Waals surface area contributed by atoms with Crippen LogP contribution in [0.25, 0.3) is 0 Å². The molecule has 0 radical (unpaired) electrons. The number of hydrogen-bond donors (Lipinski definition) is 2. The lowest BCUT2D eigenvalue weighted by molar-refractivity contribution is 0.340. The van der Waals surface area contributed by atoms with Crippen LogP contribution in [-0.4, -0.2) is 16.6 Å². The van der Waals surface area contributed by atoms with Gasteiger partial charge in [0.25, 0.3) is 0 Å². The summed E-state index contributed by atoms with van der Waals surface area (Å²) in [5.74, 6) is 1.32. The summed E-state index contributed by atoms with van der Waals surface area (Å²) in [6.45, 7) is 2.59. The third kappa shape index (κ3) is 3.07. The van der Waals surface area contributed by atoms with Crippen LogP contribution in [0, 0.1) is 0 Å². The van der Waals surface area contributed by atoms with E-state index in [2.05, 4.69) is 15.3 Å². The highest BCUT2D eigenvalue weighted by atomic mass is 16.5. The largest absolute Gasteiger partial charge is 0.494 e. The van der Waals surface area contributed by atoms with Crippen LogP contribution in [0.5, 0.6) is 5.75 Å². The molecule has 5 heteroatoms. The third-order valence-electron chi connectivity index (χ3n) is 2.07. The first-order valence-corrected chi connectivity index (χ1v) is 5.35. The van der Waals surface area contributed by atoms with Gasteiger partial charge in [-0.25, -0.2) is 9.97 Å². The fourth-order valence-electron chi connectivity index (χ4n) is 1.36. The van der Waals surface area contributed by atoms with Gasteiger partial charge in [0.15, 0.2) is 0 Å². The molecule has 1 aromatic carbocycles. The number of benzene rings is 1. The Morgan fingerprint density at radius 3 is 2.76 bits per heavy atom. The highest BCUT2D eigenvalue weighted by Crippen LogP contribution is 2.19. The van der Waals surface area contributed by atoms with Crippen molar-refractivity contribution in [1.29, 1.82) is 0 Å². The van der Waals surface area contributed by atoms with Crippen molar-refractivity contribution in [2.75, 3.05) is 17.7 Å². The number of nitrogen functional groups attached to an aromatic ring is 1. The molecule has 2 rings (SSSR count). The molecule has 5 nitrogen and oxygen atoms in total. The predicted octanol–water partition coefficient (Wildman–Crippen LogP) is 2.20. The van der Waals surface area contributed by atoms with Gasteiger partial charge in [0, 0.05) is 11.8 Å². The van der Waals surface area contributed by atoms with E-state index in [1.807, 2.05) is 31.2 Å². The van der Waals surface area contributed by atoms with Gasteiger partial charge >= 0.3 is 0 Å². The van der Waals surface area contributed by atoms with E-state index in [1.165, 1.54) is 0 Å². The summed E-state index contributed by atoms with van der Waals surface area (Å²) in [6.07, 6.45) is 3.11. The number of aromatic nitrogens is 2. The molecule has 0 unspecified atom stereocenters. The SMILES string of the molecule is CCOc1cccc(Nc2ncc(N)cn2)c1. The lowest BCUT2D eigenvalue weighted by atomic mass is 10.3. The van der Waals surface area contributed by atoms with Gasteiger partial charge < -0.3 is 15.8 Å². The van der Waals surface area contributed by atoms with Gasteiger partial charge in [0.05, 0.1) is 24.7 Å². The van der Waals surface area contributed by atoms with Gasteiger partial charge in [-0.1, -0.05) is 6.07 Å². The van der Waals surface area contributed by atoms with Crippen LogP contribution >= 0.6 is 0 Å². The molecule has 0 aliphatic carbocycles. The van der Waals surface area contributed by atoms with Gasteiger partial charge in [-0.2, -0.15) is 0 Å². The summed E-state index contributed by atoms with van der Waals surface area (Å²) in [7, 11) is 0. The van der Waals surface area contributed by atoms with Crippen LogP contribution in [0.15, 0.2) is 36.7 Å². The molecular formula is C12H14N4O. The minimum Gasteiger partial charge on any atom is -0.494 e. The molecule has 0 saturated carbocycles. The highest BCUT2D eigenvalue weighted by Gasteiger charge is 1.99. The van der Waals surface area contributed by atoms with Crippen molar-refractivity contribution in [3.05, 3.63) is 36.7 Å². The van der Waals surface area contributed by atoms with E-state index in [0.29, 0.717) is 18.2 Å². The molecule has 0 amide bonds. The topological polar surface area (TPSA) is 73.1 Å². The maximum atomic E-state index is 5.51. The van der Waals surface area contributed by atoms with Crippen LogP contribution in [0.3, 0.4) is 0 Å². The number of ether oxygens (including phenoxy) is 1. The Morgan fingerprint density at radius 2 is 2.06 bits per heavy atom. The highest BCUT2D eigenvalue weighted by molar-refractivity contribution is 5.56. The van der Waals surface area contributed by atoms with E-state index in [1.54, 1.807) is 12.4 Å². The molecule has 3 N–H and O–H groups in total. The van der Waals surface area contributed by atoms with E-state index >= 15 is 0 Å². The lowest BCUT2D eigenvalue weighted by Gasteiger charge is -2.07. The van der Waals surface area contributed by atoms with Crippen molar-refractivity contribution in [2.45, 2.75) is 6.92 Å². The number of nitrogens with one attached hydrogen (secondary N) is 1. The maximum Gasteiger partial charge on any atom is 0.227 e. The molecular weight excluding hydrogens is 216 g/mol. The molecule has 0 aliphatic rings. The predicted molar refractivity (Wildman–Crippen MR) is 67.3 cm³/mol. The average molecular weight is 230 g/mol. The number of nitrogens with two attached hydrogens (primary N) is 1. The van der Waals surface area contributed by atoms with E-state index in [9.17, 15) is 0 Å². The van der Waals surface area contributed by atoms with Crippen molar-refractivity contribution in [2.24, 2.45) is 0 Å². The molecule has 0 spiro atoms. The second-order valence-corrected chi connectivity index (χ2v) is 3.43. The summed E-state index contributed by atoms with van der Waals surface area (Å²) in [5, 5.41) is 3.07. The van der Waals surface area contributed by atoms with Crippen molar-refractivity contribution in [1.82, 2.24) is 9.97 Å². The summed E-state index contributed by atoms with van der Waals surface area (Å²) in [6, 6.07) is 7.62. The van der Waals surface area contributed by atoms with E-state index in [4.69, 9.17) is 10.5 Å². The van der Waals surface area contributed by atoms with Gasteiger partial charge in [-0.3, -0.25) is 0 Å². The fourth-order valence-corrected chi connectivity index (χ4v) is 1.36. The second-order valence-electron chi connectivity index (χ2n) is 3.43. The number of hydrogen-bond acceptors (Lipinski definition) is 5. The van der Waals surface area contributed by atoms with E-state index < -0.39 is 0 Å². The van der Waals surface area contributed by atoms with Crippen molar-refractivity contribution in [3.8, 4) is 5.75 Å². The number of nitrogens with zero attached hydrogens (tertiary/aromatic N) is 2. The first kappa shape index (κ1) is 11.2. The quantitative estimate of drug-likeness (QED) is 0.842. The van der Waals surface area contributed by atoms with Gasteiger partial charge in [0.2, 0.25) is 5.95 Å². The van der Waals surface area contributed by atoms with Crippen molar-refractivity contribution in [3.63, 3.8) is 0 Å². The Kier molecular flexibility index (Phi) is 3.40. The first-order chi connectivity index (χ1) is 8.28. The van der Waals surface area contributed by atoms with Gasteiger partial charge in [-0.15, -0.1) is 0 Å². The van der Waals surface area contributed by atoms with E-state index in [-0.39, 0.29) is 0 Å². The van der Waals surface area contributed by atoms with Crippen LogP contribution < -0.4 is 15.8 Å². The molecule has 0 saturated heterocycles. The standard InChI is InChI=1S/C12H14N4O/c1-2-17-11-5-3-4-10(6-11)16-12-14-7-9(13)8-15-12/h3-8H,2,13H2,1H3,(H,14,15,16). The van der Waals surface area contributed by atoms with Crippen LogP contribution in [-0.2, 0) is 0 Å². The van der Waals surface area contributed by atoms with Crippen molar-refractivity contribution < 1.29 is 4.74 Å². The molecule has 2 aromatic rings. The van der Waals surface area contributed by atoms with Crippen LogP contribution in [0.2, 0.25) is 0 Å². The summed E-state index contributed by atoms with van der Waals surface area (Å²) >= 11 is 0. The Balaban J connectivity index is 2.12. The second kappa shape index (κ2) is 5.16. The first-order valence-electron chi connectivity index (χ1n) is 5.35. The molecule has 1 heterocycles. The zero-order chi connectivity index (χ0) is 12.1.